The normalized spacial score (nSPS) is 23.9. The van der Waals surface area contributed by atoms with Crippen molar-refractivity contribution in [1.82, 2.24) is 15.5 Å². The van der Waals surface area contributed by atoms with Crippen LogP contribution in [0.15, 0.2) is 0 Å². The molecular formula is C15H28ClN3O2. The molecule has 0 aliphatic carbocycles. The summed E-state index contributed by atoms with van der Waals surface area (Å²) in [5.74, 6) is 0.575. The predicted octanol–water partition coefficient (Wildman–Crippen LogP) is 1.31. The van der Waals surface area contributed by atoms with Crippen molar-refractivity contribution in [3.05, 3.63) is 0 Å². The van der Waals surface area contributed by atoms with Crippen LogP contribution in [-0.4, -0.2) is 48.4 Å². The number of carbonyl (C=O) groups is 2. The van der Waals surface area contributed by atoms with Gasteiger partial charge in [-0.1, -0.05) is 13.8 Å². The predicted molar refractivity (Wildman–Crippen MR) is 85.5 cm³/mol. The van der Waals surface area contributed by atoms with E-state index in [1.165, 1.54) is 0 Å². The van der Waals surface area contributed by atoms with Gasteiger partial charge in [-0.25, -0.2) is 0 Å². The molecule has 0 aromatic carbocycles. The maximum Gasteiger partial charge on any atom is 0.243 e. The largest absolute Gasteiger partial charge is 0.350 e. The Bertz CT molecular complexity index is 357. The number of carbonyl (C=O) groups excluding carboxylic acids is 2. The molecule has 0 aromatic heterocycles. The third-order valence-corrected chi connectivity index (χ3v) is 4.14. The monoisotopic (exact) mass is 317 g/mol. The molecule has 0 spiro atoms. The van der Waals surface area contributed by atoms with Gasteiger partial charge in [-0.15, -0.1) is 12.4 Å². The summed E-state index contributed by atoms with van der Waals surface area (Å²) in [5, 5.41) is 6.36. The molecule has 21 heavy (non-hydrogen) atoms. The molecule has 0 radical (unpaired) electrons. The highest BCUT2D eigenvalue weighted by Gasteiger charge is 2.33. The van der Waals surface area contributed by atoms with E-state index in [4.69, 9.17) is 0 Å². The lowest BCUT2D eigenvalue weighted by Crippen LogP contribution is -2.53. The van der Waals surface area contributed by atoms with Crippen LogP contribution >= 0.6 is 12.4 Å². The third-order valence-electron chi connectivity index (χ3n) is 4.14. The molecule has 2 saturated heterocycles. The van der Waals surface area contributed by atoms with Crippen molar-refractivity contribution in [1.29, 1.82) is 0 Å². The minimum Gasteiger partial charge on any atom is -0.350 e. The second-order valence-electron chi connectivity index (χ2n) is 6.39. The Balaban J connectivity index is 0.00000220. The molecule has 0 bridgehead atoms. The van der Waals surface area contributed by atoms with Gasteiger partial charge in [-0.3, -0.25) is 9.59 Å². The molecule has 5 nitrogen and oxygen atoms in total. The molecule has 2 N–H and O–H groups in total. The Hall–Kier alpha value is -0.810. The van der Waals surface area contributed by atoms with Crippen LogP contribution < -0.4 is 10.6 Å². The van der Waals surface area contributed by atoms with Crippen LogP contribution in [0.25, 0.3) is 0 Å². The lowest BCUT2D eigenvalue weighted by molar-refractivity contribution is -0.143. The number of nitrogens with one attached hydrogen (secondary N) is 2. The van der Waals surface area contributed by atoms with Crippen LogP contribution in [-0.2, 0) is 9.59 Å². The van der Waals surface area contributed by atoms with Crippen molar-refractivity contribution in [2.24, 2.45) is 5.92 Å². The van der Waals surface area contributed by atoms with Crippen molar-refractivity contribution >= 4 is 24.2 Å². The Morgan fingerprint density at radius 1 is 1.43 bits per heavy atom. The first-order valence-corrected chi connectivity index (χ1v) is 7.88. The zero-order valence-corrected chi connectivity index (χ0v) is 13.9. The summed E-state index contributed by atoms with van der Waals surface area (Å²) < 4.78 is 0. The molecule has 2 fully saturated rings. The van der Waals surface area contributed by atoms with Gasteiger partial charge in [-0.2, -0.15) is 0 Å². The highest BCUT2D eigenvalue weighted by molar-refractivity contribution is 5.88. The number of hydrogen-bond acceptors (Lipinski definition) is 3. The molecule has 0 saturated carbocycles. The standard InChI is InChI=1S/C15H27N3O2.ClH/c1-11(2)9-13(18-8-4-3-5-14(18)19)15(20)17-12-6-7-16-10-12;/h11-13,16H,3-10H2,1-2H3,(H,17,20);1H. The van der Waals surface area contributed by atoms with Crippen LogP contribution in [0.3, 0.4) is 0 Å². The lowest BCUT2D eigenvalue weighted by Gasteiger charge is -2.35. The van der Waals surface area contributed by atoms with E-state index in [1.54, 1.807) is 4.90 Å². The third kappa shape index (κ3) is 5.15. The summed E-state index contributed by atoms with van der Waals surface area (Å²) in [6.45, 7) is 6.74. The average molecular weight is 318 g/mol. The summed E-state index contributed by atoms with van der Waals surface area (Å²) in [7, 11) is 0. The van der Waals surface area contributed by atoms with Crippen LogP contribution in [0.1, 0.15) is 46.0 Å². The molecule has 122 valence electrons. The molecule has 2 heterocycles. The fourth-order valence-corrected chi connectivity index (χ4v) is 3.05. The SMILES string of the molecule is CC(C)CC(C(=O)NC1CCNC1)N1CCCCC1=O.Cl. The van der Waals surface area contributed by atoms with Gasteiger partial charge in [0.1, 0.15) is 6.04 Å². The first-order valence-electron chi connectivity index (χ1n) is 7.88. The first kappa shape index (κ1) is 18.2. The van der Waals surface area contributed by atoms with Gasteiger partial charge >= 0.3 is 0 Å². The van der Waals surface area contributed by atoms with Crippen molar-refractivity contribution in [2.75, 3.05) is 19.6 Å². The molecule has 2 aliphatic heterocycles. The Morgan fingerprint density at radius 2 is 2.19 bits per heavy atom. The summed E-state index contributed by atoms with van der Waals surface area (Å²) in [4.78, 5) is 26.4. The summed E-state index contributed by atoms with van der Waals surface area (Å²) in [6.07, 6.45) is 4.29. The Morgan fingerprint density at radius 3 is 2.76 bits per heavy atom. The molecular weight excluding hydrogens is 290 g/mol. The number of likely N-dealkylation sites (tertiary alicyclic amines) is 1. The van der Waals surface area contributed by atoms with E-state index in [1.807, 2.05) is 0 Å². The van der Waals surface area contributed by atoms with Crippen LogP contribution in [0.5, 0.6) is 0 Å². The summed E-state index contributed by atoms with van der Waals surface area (Å²) in [5.41, 5.74) is 0. The van der Waals surface area contributed by atoms with Gasteiger partial charge in [0, 0.05) is 25.6 Å². The van der Waals surface area contributed by atoms with Gasteiger partial charge in [-0.05, 0) is 38.1 Å². The van der Waals surface area contributed by atoms with Crippen molar-refractivity contribution in [3.8, 4) is 0 Å². The van der Waals surface area contributed by atoms with Crippen LogP contribution in [0, 0.1) is 5.92 Å². The fraction of sp³-hybridized carbons (Fsp3) is 0.867. The Kier molecular flexibility index (Phi) is 7.46. The van der Waals surface area contributed by atoms with Gasteiger partial charge in [0.25, 0.3) is 0 Å². The molecule has 2 aliphatic rings. The van der Waals surface area contributed by atoms with E-state index >= 15 is 0 Å². The van der Waals surface area contributed by atoms with E-state index < -0.39 is 0 Å². The zero-order valence-electron chi connectivity index (χ0n) is 13.1. The van der Waals surface area contributed by atoms with Crippen molar-refractivity contribution in [2.45, 2.75) is 58.0 Å². The maximum atomic E-state index is 12.5. The second kappa shape index (κ2) is 8.59. The summed E-state index contributed by atoms with van der Waals surface area (Å²) >= 11 is 0. The smallest absolute Gasteiger partial charge is 0.243 e. The van der Waals surface area contributed by atoms with E-state index in [-0.39, 0.29) is 36.3 Å². The maximum absolute atomic E-state index is 12.5. The number of halogens is 1. The fourth-order valence-electron chi connectivity index (χ4n) is 3.05. The highest BCUT2D eigenvalue weighted by atomic mass is 35.5. The van der Waals surface area contributed by atoms with Crippen LogP contribution in [0.2, 0.25) is 0 Å². The Labute approximate surface area is 133 Å². The van der Waals surface area contributed by atoms with E-state index in [2.05, 4.69) is 24.5 Å². The quantitative estimate of drug-likeness (QED) is 0.804. The lowest BCUT2D eigenvalue weighted by atomic mass is 9.98. The average Bonchev–Trinajstić information content (AvgIpc) is 2.89. The number of rotatable bonds is 5. The number of nitrogens with zero attached hydrogens (tertiary/aromatic N) is 1. The molecule has 0 aromatic rings. The topological polar surface area (TPSA) is 61.4 Å². The second-order valence-corrected chi connectivity index (χ2v) is 6.39. The van der Waals surface area contributed by atoms with Gasteiger partial charge in [0.15, 0.2) is 0 Å². The minimum absolute atomic E-state index is 0. The van der Waals surface area contributed by atoms with E-state index in [0.717, 1.165) is 45.3 Å². The van der Waals surface area contributed by atoms with Crippen LogP contribution in [0.4, 0.5) is 0 Å². The van der Waals surface area contributed by atoms with E-state index in [0.29, 0.717) is 12.3 Å². The highest BCUT2D eigenvalue weighted by Crippen LogP contribution is 2.19. The molecule has 2 atom stereocenters. The minimum atomic E-state index is -0.289. The van der Waals surface area contributed by atoms with Crippen molar-refractivity contribution in [3.63, 3.8) is 0 Å². The van der Waals surface area contributed by atoms with Crippen molar-refractivity contribution < 1.29 is 9.59 Å². The van der Waals surface area contributed by atoms with E-state index in [9.17, 15) is 9.59 Å². The first-order chi connectivity index (χ1) is 9.58. The molecule has 2 rings (SSSR count). The number of hydrogen-bond donors (Lipinski definition) is 2. The van der Waals surface area contributed by atoms with Gasteiger partial charge in [0.05, 0.1) is 0 Å². The van der Waals surface area contributed by atoms with Gasteiger partial charge in [0.2, 0.25) is 11.8 Å². The summed E-state index contributed by atoms with van der Waals surface area (Å²) in [6, 6.07) is -0.0690. The van der Waals surface area contributed by atoms with Gasteiger partial charge < -0.3 is 15.5 Å². The number of amides is 2. The molecule has 2 unspecified atom stereocenters. The molecule has 6 heteroatoms. The molecule has 2 amide bonds. The zero-order chi connectivity index (χ0) is 14.5. The number of piperidine rings is 1.